The standard InChI is InChI=1S/C18H24N4O/c23-18(15-6-7-17-19-8-12-21(17)13-15)22-11-2-1-5-16(22)14-20-9-3-4-10-20/h6-8,12-13,16H,1-5,9-11,14H2/t16-/m1/s1. The zero-order chi connectivity index (χ0) is 15.6. The Bertz CT molecular complexity index is 689. The van der Waals surface area contributed by atoms with Crippen LogP contribution in [0.4, 0.5) is 0 Å². The van der Waals surface area contributed by atoms with E-state index in [1.54, 1.807) is 6.20 Å². The molecule has 5 nitrogen and oxygen atoms in total. The van der Waals surface area contributed by atoms with Crippen molar-refractivity contribution in [2.75, 3.05) is 26.2 Å². The molecule has 0 aromatic carbocycles. The highest BCUT2D eigenvalue weighted by Gasteiger charge is 2.29. The summed E-state index contributed by atoms with van der Waals surface area (Å²) in [6, 6.07) is 4.20. The van der Waals surface area contributed by atoms with Crippen molar-refractivity contribution in [1.82, 2.24) is 19.2 Å². The molecule has 1 atom stereocenters. The van der Waals surface area contributed by atoms with E-state index in [9.17, 15) is 4.79 Å². The van der Waals surface area contributed by atoms with Gasteiger partial charge in [-0.15, -0.1) is 0 Å². The van der Waals surface area contributed by atoms with Crippen molar-refractivity contribution in [3.63, 3.8) is 0 Å². The number of pyridine rings is 1. The summed E-state index contributed by atoms with van der Waals surface area (Å²) in [6.45, 7) is 4.32. The molecule has 4 heterocycles. The zero-order valence-electron chi connectivity index (χ0n) is 13.5. The number of aromatic nitrogens is 2. The van der Waals surface area contributed by atoms with Crippen LogP contribution in [-0.2, 0) is 0 Å². The number of amides is 1. The van der Waals surface area contributed by atoms with E-state index in [0.717, 1.165) is 37.1 Å². The average molecular weight is 312 g/mol. The number of rotatable bonds is 3. The van der Waals surface area contributed by atoms with Gasteiger partial charge in [-0.05, 0) is 57.3 Å². The van der Waals surface area contributed by atoms with Gasteiger partial charge >= 0.3 is 0 Å². The lowest BCUT2D eigenvalue weighted by Crippen LogP contribution is -2.49. The Hall–Kier alpha value is -1.88. The molecule has 0 N–H and O–H groups in total. The maximum atomic E-state index is 13.0. The average Bonchev–Trinajstić information content (AvgIpc) is 3.25. The number of nitrogens with zero attached hydrogens (tertiary/aromatic N) is 4. The molecule has 4 rings (SSSR count). The molecule has 2 aromatic rings. The molecular formula is C18H24N4O. The van der Waals surface area contributed by atoms with Gasteiger partial charge < -0.3 is 14.2 Å². The largest absolute Gasteiger partial charge is 0.334 e. The normalized spacial score (nSPS) is 22.8. The fourth-order valence-corrected chi connectivity index (χ4v) is 3.93. The first-order valence-corrected chi connectivity index (χ1v) is 8.77. The van der Waals surface area contributed by atoms with E-state index in [2.05, 4.69) is 14.8 Å². The number of fused-ring (bicyclic) bond motifs is 1. The number of likely N-dealkylation sites (tertiary alicyclic amines) is 2. The van der Waals surface area contributed by atoms with Gasteiger partial charge in [0.25, 0.3) is 5.91 Å². The first-order valence-electron chi connectivity index (χ1n) is 8.77. The molecule has 2 aliphatic rings. The van der Waals surface area contributed by atoms with Crippen molar-refractivity contribution < 1.29 is 4.79 Å². The summed E-state index contributed by atoms with van der Waals surface area (Å²) in [5.74, 6) is 0.171. The van der Waals surface area contributed by atoms with E-state index < -0.39 is 0 Å². The first-order chi connectivity index (χ1) is 11.3. The van der Waals surface area contributed by atoms with Crippen LogP contribution >= 0.6 is 0 Å². The third kappa shape index (κ3) is 2.98. The molecule has 23 heavy (non-hydrogen) atoms. The molecule has 0 saturated carbocycles. The topological polar surface area (TPSA) is 40.9 Å². The van der Waals surface area contributed by atoms with Crippen molar-refractivity contribution in [3.05, 3.63) is 36.3 Å². The van der Waals surface area contributed by atoms with Gasteiger partial charge in [0.1, 0.15) is 5.65 Å². The summed E-state index contributed by atoms with van der Waals surface area (Å²) < 4.78 is 1.92. The van der Waals surface area contributed by atoms with Crippen LogP contribution in [0.5, 0.6) is 0 Å². The fraction of sp³-hybridized carbons (Fsp3) is 0.556. The lowest BCUT2D eigenvalue weighted by atomic mass is 10.0. The third-order valence-corrected chi connectivity index (χ3v) is 5.19. The highest BCUT2D eigenvalue weighted by Crippen LogP contribution is 2.22. The van der Waals surface area contributed by atoms with E-state index in [1.165, 1.54) is 32.4 Å². The zero-order valence-corrected chi connectivity index (χ0v) is 13.5. The molecule has 122 valence electrons. The summed E-state index contributed by atoms with van der Waals surface area (Å²) in [4.78, 5) is 21.9. The van der Waals surface area contributed by atoms with Gasteiger partial charge in [-0.25, -0.2) is 4.98 Å². The highest BCUT2D eigenvalue weighted by molar-refractivity contribution is 5.94. The number of carbonyl (C=O) groups is 1. The number of hydrogen-bond acceptors (Lipinski definition) is 3. The Morgan fingerprint density at radius 3 is 2.83 bits per heavy atom. The van der Waals surface area contributed by atoms with E-state index in [4.69, 9.17) is 0 Å². The highest BCUT2D eigenvalue weighted by atomic mass is 16.2. The van der Waals surface area contributed by atoms with Crippen LogP contribution in [0, 0.1) is 0 Å². The molecular weight excluding hydrogens is 288 g/mol. The van der Waals surface area contributed by atoms with Crippen LogP contribution in [0.2, 0.25) is 0 Å². The summed E-state index contributed by atoms with van der Waals surface area (Å²) in [5.41, 5.74) is 1.65. The van der Waals surface area contributed by atoms with E-state index in [0.29, 0.717) is 6.04 Å². The van der Waals surface area contributed by atoms with Crippen molar-refractivity contribution in [1.29, 1.82) is 0 Å². The molecule has 0 spiro atoms. The molecule has 0 aliphatic carbocycles. The van der Waals surface area contributed by atoms with Crippen LogP contribution < -0.4 is 0 Å². The predicted molar refractivity (Wildman–Crippen MR) is 89.5 cm³/mol. The van der Waals surface area contributed by atoms with Crippen LogP contribution in [0.1, 0.15) is 42.5 Å². The minimum atomic E-state index is 0.171. The van der Waals surface area contributed by atoms with Gasteiger partial charge in [0, 0.05) is 37.7 Å². The molecule has 5 heteroatoms. The number of carbonyl (C=O) groups excluding carboxylic acids is 1. The molecule has 2 saturated heterocycles. The molecule has 0 unspecified atom stereocenters. The second kappa shape index (κ2) is 6.32. The molecule has 0 radical (unpaired) electrons. The number of piperidine rings is 1. The Morgan fingerprint density at radius 1 is 1.13 bits per heavy atom. The van der Waals surface area contributed by atoms with Gasteiger partial charge in [-0.3, -0.25) is 4.79 Å². The first kappa shape index (κ1) is 14.7. The number of hydrogen-bond donors (Lipinski definition) is 0. The Morgan fingerprint density at radius 2 is 1.96 bits per heavy atom. The Labute approximate surface area is 136 Å². The Kier molecular flexibility index (Phi) is 4.04. The van der Waals surface area contributed by atoms with Crippen molar-refractivity contribution >= 4 is 11.6 Å². The summed E-state index contributed by atoms with van der Waals surface area (Å²) >= 11 is 0. The van der Waals surface area contributed by atoms with Crippen molar-refractivity contribution in [2.45, 2.75) is 38.1 Å². The van der Waals surface area contributed by atoms with Gasteiger partial charge in [0.15, 0.2) is 0 Å². The van der Waals surface area contributed by atoms with Crippen LogP contribution in [0.25, 0.3) is 5.65 Å². The predicted octanol–water partition coefficient (Wildman–Crippen LogP) is 2.42. The minimum absolute atomic E-state index is 0.171. The third-order valence-electron chi connectivity index (χ3n) is 5.19. The Balaban J connectivity index is 1.53. The summed E-state index contributed by atoms with van der Waals surface area (Å²) in [7, 11) is 0. The van der Waals surface area contributed by atoms with E-state index >= 15 is 0 Å². The number of imidazole rings is 1. The lowest BCUT2D eigenvalue weighted by molar-refractivity contribution is 0.0560. The molecule has 0 bridgehead atoms. The van der Waals surface area contributed by atoms with Crippen LogP contribution in [-0.4, -0.2) is 57.3 Å². The minimum Gasteiger partial charge on any atom is -0.334 e. The molecule has 2 aliphatic heterocycles. The smallest absolute Gasteiger partial charge is 0.255 e. The molecule has 2 aromatic heterocycles. The van der Waals surface area contributed by atoms with Gasteiger partial charge in [-0.1, -0.05) is 0 Å². The molecule has 1 amide bonds. The maximum Gasteiger partial charge on any atom is 0.255 e. The second-order valence-corrected chi connectivity index (χ2v) is 6.77. The fourth-order valence-electron chi connectivity index (χ4n) is 3.93. The van der Waals surface area contributed by atoms with Crippen molar-refractivity contribution in [2.24, 2.45) is 0 Å². The molecule has 2 fully saturated rings. The maximum absolute atomic E-state index is 13.0. The summed E-state index contributed by atoms with van der Waals surface area (Å²) in [6.07, 6.45) is 11.7. The van der Waals surface area contributed by atoms with E-state index in [-0.39, 0.29) is 5.91 Å². The van der Waals surface area contributed by atoms with Crippen LogP contribution in [0.3, 0.4) is 0 Å². The second-order valence-electron chi connectivity index (χ2n) is 6.77. The lowest BCUT2D eigenvalue weighted by Gasteiger charge is -2.38. The van der Waals surface area contributed by atoms with Gasteiger partial charge in [0.05, 0.1) is 5.56 Å². The summed E-state index contributed by atoms with van der Waals surface area (Å²) in [5, 5.41) is 0. The SMILES string of the molecule is O=C(c1ccc2nccn2c1)N1CCCC[C@@H]1CN1CCCC1. The van der Waals surface area contributed by atoms with Crippen LogP contribution in [0.15, 0.2) is 30.7 Å². The van der Waals surface area contributed by atoms with E-state index in [1.807, 2.05) is 28.9 Å². The van der Waals surface area contributed by atoms with Gasteiger partial charge in [0.2, 0.25) is 0 Å². The quantitative estimate of drug-likeness (QED) is 0.874. The van der Waals surface area contributed by atoms with Gasteiger partial charge in [-0.2, -0.15) is 0 Å². The monoisotopic (exact) mass is 312 g/mol. The van der Waals surface area contributed by atoms with Crippen molar-refractivity contribution in [3.8, 4) is 0 Å².